The summed E-state index contributed by atoms with van der Waals surface area (Å²) in [6.07, 6.45) is 0.738. The van der Waals surface area contributed by atoms with E-state index in [1.54, 1.807) is 35.5 Å². The monoisotopic (exact) mass is 300 g/mol. The summed E-state index contributed by atoms with van der Waals surface area (Å²) in [6.45, 7) is 1.99. The van der Waals surface area contributed by atoms with Gasteiger partial charge in [-0.25, -0.2) is 0 Å². The van der Waals surface area contributed by atoms with Crippen LogP contribution in [0.15, 0.2) is 12.1 Å². The van der Waals surface area contributed by atoms with E-state index >= 15 is 0 Å². The smallest absolute Gasteiger partial charge is 0.496 e. The summed E-state index contributed by atoms with van der Waals surface area (Å²) in [7, 11) is 5.61. The van der Waals surface area contributed by atoms with E-state index in [0.717, 1.165) is 29.0 Å². The fourth-order valence-electron chi connectivity index (χ4n) is 2.15. The maximum Gasteiger partial charge on any atom is 0.500 e. The first-order chi connectivity index (χ1) is 9.55. The molecule has 0 spiro atoms. The van der Waals surface area contributed by atoms with Gasteiger partial charge in [-0.2, -0.15) is 0 Å². The van der Waals surface area contributed by atoms with Gasteiger partial charge in [-0.15, -0.1) is 0 Å². The minimum Gasteiger partial charge on any atom is -0.496 e. The van der Waals surface area contributed by atoms with Crippen LogP contribution in [0.2, 0.25) is 6.04 Å². The standard InChI is InChI=1S/C14H24O5Si/c1-11-9-14(16-3)12(10-13(11)15-2)7-8-20(17-4,18-5)19-6/h9-10H,7-8H2,1-6H3. The average molecular weight is 300 g/mol. The molecule has 0 aromatic heterocycles. The lowest BCUT2D eigenvalue weighted by molar-refractivity contribution is 0.123. The zero-order valence-corrected chi connectivity index (χ0v) is 14.1. The van der Waals surface area contributed by atoms with Crippen LogP contribution in [0.1, 0.15) is 11.1 Å². The van der Waals surface area contributed by atoms with Gasteiger partial charge in [0.15, 0.2) is 0 Å². The third-order valence-electron chi connectivity index (χ3n) is 3.43. The molecule has 6 heteroatoms. The van der Waals surface area contributed by atoms with Crippen molar-refractivity contribution in [3.05, 3.63) is 23.3 Å². The molecule has 1 aromatic carbocycles. The van der Waals surface area contributed by atoms with E-state index in [1.165, 1.54) is 0 Å². The van der Waals surface area contributed by atoms with Crippen molar-refractivity contribution in [1.82, 2.24) is 0 Å². The predicted octanol–water partition coefficient (Wildman–Crippen LogP) is 2.43. The molecule has 0 N–H and O–H groups in total. The molecule has 0 saturated carbocycles. The van der Waals surface area contributed by atoms with Crippen LogP contribution >= 0.6 is 0 Å². The van der Waals surface area contributed by atoms with Gasteiger partial charge < -0.3 is 22.8 Å². The second kappa shape index (κ2) is 7.63. The zero-order valence-electron chi connectivity index (χ0n) is 13.1. The molecule has 0 atom stereocenters. The van der Waals surface area contributed by atoms with Crippen LogP contribution in [-0.4, -0.2) is 44.4 Å². The number of ether oxygens (including phenoxy) is 2. The number of benzene rings is 1. The molecule has 0 unspecified atom stereocenters. The van der Waals surface area contributed by atoms with E-state index in [0.29, 0.717) is 6.04 Å². The van der Waals surface area contributed by atoms with Crippen molar-refractivity contribution in [2.24, 2.45) is 0 Å². The molecule has 1 rings (SSSR count). The maximum atomic E-state index is 5.43. The number of rotatable bonds is 8. The van der Waals surface area contributed by atoms with Crippen LogP contribution in [0.3, 0.4) is 0 Å². The lowest BCUT2D eigenvalue weighted by atomic mass is 10.1. The second-order valence-corrected chi connectivity index (χ2v) is 7.52. The summed E-state index contributed by atoms with van der Waals surface area (Å²) >= 11 is 0. The Bertz CT molecular complexity index is 424. The number of hydrogen-bond acceptors (Lipinski definition) is 5. The molecule has 20 heavy (non-hydrogen) atoms. The predicted molar refractivity (Wildman–Crippen MR) is 79.6 cm³/mol. The van der Waals surface area contributed by atoms with Crippen molar-refractivity contribution in [3.63, 3.8) is 0 Å². The van der Waals surface area contributed by atoms with Crippen LogP contribution in [0.5, 0.6) is 11.5 Å². The molecule has 0 aliphatic rings. The normalized spacial score (nSPS) is 11.5. The molecule has 5 nitrogen and oxygen atoms in total. The molecule has 114 valence electrons. The third-order valence-corrected chi connectivity index (χ3v) is 6.16. The van der Waals surface area contributed by atoms with Crippen LogP contribution < -0.4 is 9.47 Å². The minimum atomic E-state index is -2.57. The molecule has 0 radical (unpaired) electrons. The summed E-state index contributed by atoms with van der Waals surface area (Å²) in [5.41, 5.74) is 2.10. The SMILES string of the molecule is COc1cc(CC[Si](OC)(OC)OC)c(OC)cc1C. The van der Waals surface area contributed by atoms with E-state index in [1.807, 2.05) is 19.1 Å². The summed E-state index contributed by atoms with van der Waals surface area (Å²) in [6, 6.07) is 4.65. The average Bonchev–Trinajstić information content (AvgIpc) is 2.49. The first-order valence-electron chi connectivity index (χ1n) is 6.42. The van der Waals surface area contributed by atoms with Crippen LogP contribution in [0.25, 0.3) is 0 Å². The van der Waals surface area contributed by atoms with Crippen molar-refractivity contribution in [2.75, 3.05) is 35.5 Å². The van der Waals surface area contributed by atoms with Crippen molar-refractivity contribution in [2.45, 2.75) is 19.4 Å². The van der Waals surface area contributed by atoms with Gasteiger partial charge in [0, 0.05) is 27.4 Å². The van der Waals surface area contributed by atoms with E-state index in [9.17, 15) is 0 Å². The maximum absolute atomic E-state index is 5.43. The van der Waals surface area contributed by atoms with E-state index in [2.05, 4.69) is 0 Å². The van der Waals surface area contributed by atoms with Gasteiger partial charge in [0.05, 0.1) is 14.2 Å². The Kier molecular flexibility index (Phi) is 6.48. The lowest BCUT2D eigenvalue weighted by Crippen LogP contribution is -2.43. The summed E-state index contributed by atoms with van der Waals surface area (Å²) < 4.78 is 27.1. The Morgan fingerprint density at radius 2 is 1.40 bits per heavy atom. The largest absolute Gasteiger partial charge is 0.500 e. The number of aryl methyl sites for hydroxylation is 2. The van der Waals surface area contributed by atoms with Gasteiger partial charge in [-0.3, -0.25) is 0 Å². The van der Waals surface area contributed by atoms with Crippen LogP contribution in [0, 0.1) is 6.92 Å². The highest BCUT2D eigenvalue weighted by Gasteiger charge is 2.37. The third kappa shape index (κ3) is 3.73. The zero-order chi connectivity index (χ0) is 15.2. The molecule has 0 aliphatic heterocycles. The van der Waals surface area contributed by atoms with Gasteiger partial charge in [0.1, 0.15) is 11.5 Å². The van der Waals surface area contributed by atoms with Crippen molar-refractivity contribution in [1.29, 1.82) is 0 Å². The van der Waals surface area contributed by atoms with E-state index in [4.69, 9.17) is 22.8 Å². The molecule has 1 aromatic rings. The Labute approximate surface area is 122 Å². The molecular formula is C14H24O5Si. The Hall–Kier alpha value is -1.08. The molecule has 0 bridgehead atoms. The van der Waals surface area contributed by atoms with E-state index < -0.39 is 8.80 Å². The minimum absolute atomic E-state index is 0.680. The highest BCUT2D eigenvalue weighted by atomic mass is 28.4. The number of methoxy groups -OCH3 is 2. The van der Waals surface area contributed by atoms with Gasteiger partial charge >= 0.3 is 8.80 Å². The first-order valence-corrected chi connectivity index (χ1v) is 8.36. The summed E-state index contributed by atoms with van der Waals surface area (Å²) in [4.78, 5) is 0. The molecule has 0 aliphatic carbocycles. The Morgan fingerprint density at radius 3 is 1.85 bits per heavy atom. The Morgan fingerprint density at radius 1 is 0.850 bits per heavy atom. The highest BCUT2D eigenvalue weighted by Crippen LogP contribution is 2.30. The molecule has 0 heterocycles. The van der Waals surface area contributed by atoms with Gasteiger partial charge in [-0.05, 0) is 36.6 Å². The highest BCUT2D eigenvalue weighted by molar-refractivity contribution is 6.60. The molecule has 0 saturated heterocycles. The quantitative estimate of drug-likeness (QED) is 0.690. The Balaban J connectivity index is 2.96. The fraction of sp³-hybridized carbons (Fsp3) is 0.571. The van der Waals surface area contributed by atoms with Crippen LogP contribution in [0.4, 0.5) is 0 Å². The van der Waals surface area contributed by atoms with Gasteiger partial charge in [-0.1, -0.05) is 0 Å². The van der Waals surface area contributed by atoms with E-state index in [-0.39, 0.29) is 0 Å². The lowest BCUT2D eigenvalue weighted by Gasteiger charge is -2.24. The molecular weight excluding hydrogens is 276 g/mol. The number of hydrogen-bond donors (Lipinski definition) is 0. The topological polar surface area (TPSA) is 46.2 Å². The fourth-order valence-corrected chi connectivity index (χ4v) is 3.84. The van der Waals surface area contributed by atoms with Gasteiger partial charge in [0.2, 0.25) is 0 Å². The van der Waals surface area contributed by atoms with Crippen molar-refractivity contribution >= 4 is 8.80 Å². The van der Waals surface area contributed by atoms with Crippen LogP contribution in [-0.2, 0) is 19.7 Å². The van der Waals surface area contributed by atoms with Crippen molar-refractivity contribution in [3.8, 4) is 11.5 Å². The molecule has 0 fully saturated rings. The van der Waals surface area contributed by atoms with Crippen molar-refractivity contribution < 1.29 is 22.8 Å². The van der Waals surface area contributed by atoms with Gasteiger partial charge in [0.25, 0.3) is 0 Å². The summed E-state index contributed by atoms with van der Waals surface area (Å²) in [5, 5.41) is 0. The molecule has 0 amide bonds. The first kappa shape index (κ1) is 17.0. The second-order valence-electron chi connectivity index (χ2n) is 4.43. The summed E-state index contributed by atoms with van der Waals surface area (Å²) in [5.74, 6) is 1.69.